The standard InChI is InChI=1S/C19H25N5O3/c1-2-14-7-8-16(27-14)18(25)22-9-5-10-23(13-12-22)19(26)17-15-6-3-4-11-24(15)21-20-17/h3-4,6,11,14,16H,2,5,7-10,12-13H2,1H3/t14-,16-/m1/s1. The van der Waals surface area contributed by atoms with Gasteiger partial charge in [0.15, 0.2) is 5.69 Å². The molecule has 0 radical (unpaired) electrons. The van der Waals surface area contributed by atoms with Gasteiger partial charge in [-0.05, 0) is 37.8 Å². The Morgan fingerprint density at radius 3 is 2.78 bits per heavy atom. The highest BCUT2D eigenvalue weighted by Gasteiger charge is 2.34. The van der Waals surface area contributed by atoms with E-state index in [1.807, 2.05) is 23.1 Å². The van der Waals surface area contributed by atoms with Crippen molar-refractivity contribution in [3.8, 4) is 0 Å². The summed E-state index contributed by atoms with van der Waals surface area (Å²) in [6.07, 6.45) is 5.09. The minimum Gasteiger partial charge on any atom is -0.365 e. The first-order chi connectivity index (χ1) is 13.2. The molecule has 4 heterocycles. The van der Waals surface area contributed by atoms with Crippen LogP contribution in [0.5, 0.6) is 0 Å². The van der Waals surface area contributed by atoms with Crippen molar-refractivity contribution < 1.29 is 14.3 Å². The van der Waals surface area contributed by atoms with E-state index in [1.54, 1.807) is 15.6 Å². The number of fused-ring (bicyclic) bond motifs is 1. The Bertz CT molecular complexity index is 836. The Morgan fingerprint density at radius 1 is 1.15 bits per heavy atom. The third-order valence-corrected chi connectivity index (χ3v) is 5.46. The van der Waals surface area contributed by atoms with Crippen molar-refractivity contribution in [3.05, 3.63) is 30.1 Å². The summed E-state index contributed by atoms with van der Waals surface area (Å²) in [4.78, 5) is 29.3. The molecule has 0 aromatic carbocycles. The van der Waals surface area contributed by atoms with Gasteiger partial charge < -0.3 is 14.5 Å². The molecule has 8 nitrogen and oxygen atoms in total. The van der Waals surface area contributed by atoms with Crippen molar-refractivity contribution in [2.75, 3.05) is 26.2 Å². The predicted molar refractivity (Wildman–Crippen MR) is 98.3 cm³/mol. The zero-order chi connectivity index (χ0) is 18.8. The normalized spacial score (nSPS) is 23.6. The third kappa shape index (κ3) is 3.53. The van der Waals surface area contributed by atoms with E-state index in [4.69, 9.17) is 4.74 Å². The van der Waals surface area contributed by atoms with Crippen LogP contribution in [-0.2, 0) is 9.53 Å². The van der Waals surface area contributed by atoms with E-state index in [2.05, 4.69) is 17.2 Å². The van der Waals surface area contributed by atoms with E-state index in [1.165, 1.54) is 0 Å². The Kier molecular flexibility index (Phi) is 5.07. The highest BCUT2D eigenvalue weighted by Crippen LogP contribution is 2.24. The Hall–Kier alpha value is -2.48. The van der Waals surface area contributed by atoms with Crippen LogP contribution in [0.15, 0.2) is 24.4 Å². The molecule has 27 heavy (non-hydrogen) atoms. The average molecular weight is 371 g/mol. The number of carbonyl (C=O) groups excluding carboxylic acids is 2. The summed E-state index contributed by atoms with van der Waals surface area (Å²) < 4.78 is 7.45. The van der Waals surface area contributed by atoms with Crippen molar-refractivity contribution in [1.29, 1.82) is 0 Å². The lowest BCUT2D eigenvalue weighted by atomic mass is 10.1. The number of hydrogen-bond donors (Lipinski definition) is 0. The molecule has 0 N–H and O–H groups in total. The minimum atomic E-state index is -0.321. The third-order valence-electron chi connectivity index (χ3n) is 5.46. The molecule has 2 atom stereocenters. The first-order valence-corrected chi connectivity index (χ1v) is 9.71. The maximum atomic E-state index is 12.9. The molecule has 0 unspecified atom stereocenters. The lowest BCUT2D eigenvalue weighted by Crippen LogP contribution is -2.42. The molecule has 2 aliphatic heterocycles. The molecule has 2 aromatic heterocycles. The molecule has 144 valence electrons. The molecule has 0 spiro atoms. The number of pyridine rings is 1. The molecule has 2 saturated heterocycles. The summed E-state index contributed by atoms with van der Waals surface area (Å²) >= 11 is 0. The molecular weight excluding hydrogens is 346 g/mol. The molecule has 0 aliphatic carbocycles. The highest BCUT2D eigenvalue weighted by atomic mass is 16.5. The van der Waals surface area contributed by atoms with E-state index in [0.717, 1.165) is 25.7 Å². The fourth-order valence-electron chi connectivity index (χ4n) is 3.88. The van der Waals surface area contributed by atoms with Gasteiger partial charge in [0.2, 0.25) is 0 Å². The summed E-state index contributed by atoms with van der Waals surface area (Å²) in [5.41, 5.74) is 1.06. The van der Waals surface area contributed by atoms with Gasteiger partial charge in [-0.1, -0.05) is 18.2 Å². The van der Waals surface area contributed by atoms with Crippen LogP contribution in [0.1, 0.15) is 43.1 Å². The Labute approximate surface area is 158 Å². The topological polar surface area (TPSA) is 80.0 Å². The fraction of sp³-hybridized carbons (Fsp3) is 0.579. The minimum absolute atomic E-state index is 0.0642. The fourth-order valence-corrected chi connectivity index (χ4v) is 3.88. The summed E-state index contributed by atoms with van der Waals surface area (Å²) in [6, 6.07) is 5.55. The predicted octanol–water partition coefficient (Wildman–Crippen LogP) is 1.36. The van der Waals surface area contributed by atoms with Crippen LogP contribution in [0, 0.1) is 0 Å². The zero-order valence-corrected chi connectivity index (χ0v) is 15.6. The zero-order valence-electron chi connectivity index (χ0n) is 15.6. The van der Waals surface area contributed by atoms with Crippen LogP contribution in [0.4, 0.5) is 0 Å². The largest absolute Gasteiger partial charge is 0.365 e. The van der Waals surface area contributed by atoms with E-state index >= 15 is 0 Å². The van der Waals surface area contributed by atoms with Crippen LogP contribution in [0.2, 0.25) is 0 Å². The number of hydrogen-bond acceptors (Lipinski definition) is 5. The van der Waals surface area contributed by atoms with Gasteiger partial charge in [-0.25, -0.2) is 4.52 Å². The highest BCUT2D eigenvalue weighted by molar-refractivity contribution is 5.98. The Balaban J connectivity index is 1.41. The molecule has 0 bridgehead atoms. The molecular formula is C19H25N5O3. The molecule has 2 fully saturated rings. The number of carbonyl (C=O) groups is 2. The van der Waals surface area contributed by atoms with Gasteiger partial charge in [0, 0.05) is 32.4 Å². The average Bonchev–Trinajstić information content (AvgIpc) is 3.27. The molecule has 2 amide bonds. The van der Waals surface area contributed by atoms with Crippen molar-refractivity contribution >= 4 is 17.3 Å². The van der Waals surface area contributed by atoms with E-state index < -0.39 is 0 Å². The van der Waals surface area contributed by atoms with Crippen molar-refractivity contribution in [2.24, 2.45) is 0 Å². The van der Waals surface area contributed by atoms with Crippen LogP contribution >= 0.6 is 0 Å². The van der Waals surface area contributed by atoms with Crippen molar-refractivity contribution in [1.82, 2.24) is 24.6 Å². The summed E-state index contributed by atoms with van der Waals surface area (Å²) in [5, 5.41) is 8.06. The van der Waals surface area contributed by atoms with Crippen LogP contribution in [-0.4, -0.2) is 74.8 Å². The van der Waals surface area contributed by atoms with E-state index in [-0.39, 0.29) is 24.0 Å². The summed E-state index contributed by atoms with van der Waals surface area (Å²) in [7, 11) is 0. The number of rotatable bonds is 3. The quantitative estimate of drug-likeness (QED) is 0.814. The SMILES string of the molecule is CC[C@@H]1CC[C@H](C(=O)N2CCCN(C(=O)c3nnn4ccccc34)CC2)O1. The number of ether oxygens (including phenoxy) is 1. The molecule has 4 rings (SSSR count). The lowest BCUT2D eigenvalue weighted by Gasteiger charge is -2.24. The van der Waals surface area contributed by atoms with Gasteiger partial charge >= 0.3 is 0 Å². The second kappa shape index (κ2) is 7.64. The maximum absolute atomic E-state index is 12.9. The number of nitrogens with zero attached hydrogens (tertiary/aromatic N) is 5. The molecule has 2 aliphatic rings. The van der Waals surface area contributed by atoms with Gasteiger partial charge in [0.1, 0.15) is 6.10 Å². The summed E-state index contributed by atoms with van der Waals surface area (Å²) in [6.45, 7) is 4.38. The first kappa shape index (κ1) is 17.9. The number of aromatic nitrogens is 3. The monoisotopic (exact) mass is 371 g/mol. The van der Waals surface area contributed by atoms with Gasteiger partial charge in [0.25, 0.3) is 11.8 Å². The van der Waals surface area contributed by atoms with Crippen LogP contribution in [0.3, 0.4) is 0 Å². The van der Waals surface area contributed by atoms with E-state index in [9.17, 15) is 9.59 Å². The lowest BCUT2D eigenvalue weighted by molar-refractivity contribution is -0.142. The van der Waals surface area contributed by atoms with Crippen LogP contribution < -0.4 is 0 Å². The van der Waals surface area contributed by atoms with Gasteiger partial charge in [-0.2, -0.15) is 0 Å². The molecule has 2 aromatic rings. The second-order valence-corrected chi connectivity index (χ2v) is 7.17. The van der Waals surface area contributed by atoms with Crippen LogP contribution in [0.25, 0.3) is 5.52 Å². The number of amides is 2. The molecule has 8 heteroatoms. The van der Waals surface area contributed by atoms with Crippen molar-refractivity contribution in [3.63, 3.8) is 0 Å². The van der Waals surface area contributed by atoms with E-state index in [0.29, 0.717) is 37.4 Å². The Morgan fingerprint density at radius 2 is 1.96 bits per heavy atom. The first-order valence-electron chi connectivity index (χ1n) is 9.71. The van der Waals surface area contributed by atoms with Crippen molar-refractivity contribution in [2.45, 2.75) is 44.8 Å². The summed E-state index contributed by atoms with van der Waals surface area (Å²) in [5.74, 6) is -0.0666. The van der Waals surface area contributed by atoms with Gasteiger partial charge in [-0.3, -0.25) is 9.59 Å². The maximum Gasteiger partial charge on any atom is 0.276 e. The second-order valence-electron chi connectivity index (χ2n) is 7.17. The van der Waals surface area contributed by atoms with Gasteiger partial charge in [-0.15, -0.1) is 5.10 Å². The van der Waals surface area contributed by atoms with Gasteiger partial charge in [0.05, 0.1) is 11.6 Å². The smallest absolute Gasteiger partial charge is 0.276 e. The molecule has 0 saturated carbocycles.